The first-order valence-electron chi connectivity index (χ1n) is 9.19. The second-order valence-corrected chi connectivity index (χ2v) is 8.88. The van der Waals surface area contributed by atoms with Gasteiger partial charge in [-0.25, -0.2) is 13.4 Å². The summed E-state index contributed by atoms with van der Waals surface area (Å²) in [5.41, 5.74) is 2.49. The first kappa shape index (κ1) is 21.1. The fraction of sp³-hybridized carbons (Fsp3) is 0.350. The van der Waals surface area contributed by atoms with Crippen molar-refractivity contribution in [2.45, 2.75) is 12.6 Å². The maximum Gasteiger partial charge on any atom is 0.229 e. The van der Waals surface area contributed by atoms with Crippen molar-refractivity contribution in [2.75, 3.05) is 31.2 Å². The van der Waals surface area contributed by atoms with Crippen LogP contribution in [0.15, 0.2) is 48.5 Å². The Morgan fingerprint density at radius 2 is 1.90 bits per heavy atom. The molecule has 1 atom stereocenters. The molecule has 1 heterocycles. The summed E-state index contributed by atoms with van der Waals surface area (Å²) >= 11 is 0. The number of anilines is 1. The fourth-order valence-corrected chi connectivity index (χ4v) is 3.65. The van der Waals surface area contributed by atoms with Crippen LogP contribution in [-0.2, 0) is 23.6 Å². The van der Waals surface area contributed by atoms with E-state index in [1.54, 1.807) is 24.3 Å². The van der Waals surface area contributed by atoms with E-state index >= 15 is 0 Å². The molecule has 8 nitrogen and oxygen atoms in total. The highest BCUT2D eigenvalue weighted by atomic mass is 32.2. The number of ether oxygens (including phenoxy) is 1. The molecular weight excluding hydrogens is 392 g/mol. The second kappa shape index (κ2) is 8.81. The van der Waals surface area contributed by atoms with Crippen LogP contribution in [0.1, 0.15) is 5.82 Å². The SMILES string of the molecule is CN(Cc1nc2ccccc2n1C)CC(O)COc1ccc(NS(C)(=O)=O)cc1. The third-order valence-corrected chi connectivity index (χ3v) is 5.02. The van der Waals surface area contributed by atoms with E-state index in [0.717, 1.165) is 23.1 Å². The van der Waals surface area contributed by atoms with Crippen LogP contribution in [-0.4, -0.2) is 60.5 Å². The van der Waals surface area contributed by atoms with E-state index in [-0.39, 0.29) is 6.61 Å². The van der Waals surface area contributed by atoms with Crippen LogP contribution in [0.25, 0.3) is 11.0 Å². The molecule has 2 N–H and O–H groups in total. The van der Waals surface area contributed by atoms with Gasteiger partial charge in [0.2, 0.25) is 10.0 Å². The zero-order chi connectivity index (χ0) is 21.0. The Labute approximate surface area is 170 Å². The average Bonchev–Trinajstić information content (AvgIpc) is 2.96. The highest BCUT2D eigenvalue weighted by molar-refractivity contribution is 7.92. The molecule has 0 radical (unpaired) electrons. The third-order valence-electron chi connectivity index (χ3n) is 4.41. The topological polar surface area (TPSA) is 96.7 Å². The van der Waals surface area contributed by atoms with E-state index in [0.29, 0.717) is 24.5 Å². The van der Waals surface area contributed by atoms with Crippen LogP contribution < -0.4 is 9.46 Å². The van der Waals surface area contributed by atoms with Crippen molar-refractivity contribution in [3.05, 3.63) is 54.4 Å². The molecule has 156 valence electrons. The molecule has 9 heteroatoms. The molecule has 1 aromatic heterocycles. The summed E-state index contributed by atoms with van der Waals surface area (Å²) in [7, 11) is 0.601. The zero-order valence-electron chi connectivity index (χ0n) is 16.7. The number of para-hydroxylation sites is 2. The molecule has 2 aromatic carbocycles. The van der Waals surface area contributed by atoms with Crippen molar-refractivity contribution in [1.82, 2.24) is 14.5 Å². The van der Waals surface area contributed by atoms with Crippen LogP contribution in [0.3, 0.4) is 0 Å². The maximum atomic E-state index is 11.2. The Bertz CT molecular complexity index is 1060. The summed E-state index contributed by atoms with van der Waals surface area (Å²) in [5, 5.41) is 10.3. The van der Waals surface area contributed by atoms with Gasteiger partial charge >= 0.3 is 0 Å². The van der Waals surface area contributed by atoms with Crippen LogP contribution in [0.2, 0.25) is 0 Å². The van der Waals surface area contributed by atoms with E-state index in [1.165, 1.54) is 0 Å². The Morgan fingerprint density at radius 3 is 2.55 bits per heavy atom. The number of aliphatic hydroxyl groups excluding tert-OH is 1. The summed E-state index contributed by atoms with van der Waals surface area (Å²) in [5.74, 6) is 1.48. The van der Waals surface area contributed by atoms with Gasteiger partial charge in [-0.3, -0.25) is 9.62 Å². The predicted molar refractivity (Wildman–Crippen MR) is 113 cm³/mol. The number of benzene rings is 2. The molecule has 0 saturated carbocycles. The van der Waals surface area contributed by atoms with Crippen molar-refractivity contribution in [1.29, 1.82) is 0 Å². The summed E-state index contributed by atoms with van der Waals surface area (Å²) < 4.78 is 32.5. The Morgan fingerprint density at radius 1 is 1.21 bits per heavy atom. The van der Waals surface area contributed by atoms with Crippen molar-refractivity contribution in [3.63, 3.8) is 0 Å². The van der Waals surface area contributed by atoms with Gasteiger partial charge < -0.3 is 14.4 Å². The maximum absolute atomic E-state index is 11.2. The van der Waals surface area contributed by atoms with Gasteiger partial charge in [-0.1, -0.05) is 12.1 Å². The molecule has 0 saturated heterocycles. The van der Waals surface area contributed by atoms with Crippen LogP contribution in [0, 0.1) is 0 Å². The highest BCUT2D eigenvalue weighted by Crippen LogP contribution is 2.17. The second-order valence-electron chi connectivity index (χ2n) is 7.14. The van der Waals surface area contributed by atoms with E-state index < -0.39 is 16.1 Å². The van der Waals surface area contributed by atoms with Gasteiger partial charge in [-0.15, -0.1) is 0 Å². The van der Waals surface area contributed by atoms with E-state index in [2.05, 4.69) is 14.3 Å². The Kier molecular flexibility index (Phi) is 6.41. The molecule has 1 unspecified atom stereocenters. The first-order chi connectivity index (χ1) is 13.7. The van der Waals surface area contributed by atoms with E-state index in [1.807, 2.05) is 43.3 Å². The average molecular weight is 419 g/mol. The molecule has 0 fully saturated rings. The monoisotopic (exact) mass is 418 g/mol. The van der Waals surface area contributed by atoms with Gasteiger partial charge in [0.05, 0.1) is 23.8 Å². The number of rotatable bonds is 9. The molecule has 3 rings (SSSR count). The molecule has 0 aliphatic heterocycles. The van der Waals surface area contributed by atoms with E-state index in [4.69, 9.17) is 4.74 Å². The lowest BCUT2D eigenvalue weighted by atomic mass is 10.3. The van der Waals surface area contributed by atoms with Gasteiger partial charge in [0.25, 0.3) is 0 Å². The summed E-state index contributed by atoms with van der Waals surface area (Å²) in [6, 6.07) is 14.5. The number of nitrogens with one attached hydrogen (secondary N) is 1. The number of hydrogen-bond acceptors (Lipinski definition) is 6. The number of aromatic nitrogens is 2. The largest absolute Gasteiger partial charge is 0.491 e. The lowest BCUT2D eigenvalue weighted by Gasteiger charge is -2.20. The van der Waals surface area contributed by atoms with Crippen molar-refractivity contribution in [3.8, 4) is 5.75 Å². The van der Waals surface area contributed by atoms with E-state index in [9.17, 15) is 13.5 Å². The van der Waals surface area contributed by atoms with Gasteiger partial charge in [0.1, 0.15) is 24.3 Å². The quantitative estimate of drug-likeness (QED) is 0.550. The Hall–Kier alpha value is -2.62. The Balaban J connectivity index is 1.49. The molecule has 0 aliphatic rings. The van der Waals surface area contributed by atoms with Gasteiger partial charge in [0.15, 0.2) is 0 Å². The molecule has 0 spiro atoms. The third kappa shape index (κ3) is 5.93. The van der Waals surface area contributed by atoms with Gasteiger partial charge in [0, 0.05) is 19.3 Å². The molecule has 0 amide bonds. The van der Waals surface area contributed by atoms with Crippen molar-refractivity contribution in [2.24, 2.45) is 7.05 Å². The molecule has 0 bridgehead atoms. The number of sulfonamides is 1. The molecule has 3 aromatic rings. The number of fused-ring (bicyclic) bond motifs is 1. The number of hydrogen-bond donors (Lipinski definition) is 2. The lowest BCUT2D eigenvalue weighted by Crippen LogP contribution is -2.33. The van der Waals surface area contributed by atoms with Gasteiger partial charge in [-0.05, 0) is 43.4 Å². The first-order valence-corrected chi connectivity index (χ1v) is 11.1. The van der Waals surface area contributed by atoms with Crippen molar-refractivity contribution < 1.29 is 18.3 Å². The predicted octanol–water partition coefficient (Wildman–Crippen LogP) is 1.82. The fourth-order valence-electron chi connectivity index (χ4n) is 3.08. The summed E-state index contributed by atoms with van der Waals surface area (Å²) in [6.45, 7) is 1.16. The number of aryl methyl sites for hydroxylation is 1. The lowest BCUT2D eigenvalue weighted by molar-refractivity contribution is 0.0735. The minimum atomic E-state index is -3.31. The van der Waals surface area contributed by atoms with Crippen LogP contribution >= 0.6 is 0 Å². The summed E-state index contributed by atoms with van der Waals surface area (Å²) in [6.07, 6.45) is 0.418. The number of likely N-dealkylation sites (N-methyl/N-ethyl adjacent to an activating group) is 1. The van der Waals surface area contributed by atoms with Crippen molar-refractivity contribution >= 4 is 26.7 Å². The normalized spacial score (nSPS) is 13.0. The molecule has 0 aliphatic carbocycles. The zero-order valence-corrected chi connectivity index (χ0v) is 17.6. The summed E-state index contributed by atoms with van der Waals surface area (Å²) in [4.78, 5) is 6.64. The van der Waals surface area contributed by atoms with Crippen LogP contribution in [0.5, 0.6) is 5.75 Å². The molecular formula is C20H26N4O4S. The molecule has 29 heavy (non-hydrogen) atoms. The number of aliphatic hydroxyl groups is 1. The standard InChI is InChI=1S/C20H26N4O4S/c1-23(13-20-21-18-6-4-5-7-19(18)24(20)2)12-16(25)14-28-17-10-8-15(9-11-17)22-29(3,26)27/h4-11,16,22,25H,12-14H2,1-3H3. The smallest absolute Gasteiger partial charge is 0.229 e. The van der Waals surface area contributed by atoms with Crippen LogP contribution in [0.4, 0.5) is 5.69 Å². The highest BCUT2D eigenvalue weighted by Gasteiger charge is 2.13. The minimum absolute atomic E-state index is 0.131. The number of nitrogens with zero attached hydrogens (tertiary/aromatic N) is 3. The van der Waals surface area contributed by atoms with Gasteiger partial charge in [-0.2, -0.15) is 0 Å². The number of imidazole rings is 1. The minimum Gasteiger partial charge on any atom is -0.491 e.